The maximum absolute atomic E-state index is 14.1. The van der Waals surface area contributed by atoms with Gasteiger partial charge < -0.3 is 10.1 Å². The van der Waals surface area contributed by atoms with Crippen LogP contribution >= 0.6 is 15.9 Å². The van der Waals surface area contributed by atoms with E-state index < -0.39 is 21.7 Å². The summed E-state index contributed by atoms with van der Waals surface area (Å²) >= 11 is 3.09. The van der Waals surface area contributed by atoms with E-state index in [-0.39, 0.29) is 40.1 Å². The molecule has 1 saturated heterocycles. The molecule has 0 spiro atoms. The van der Waals surface area contributed by atoms with Crippen molar-refractivity contribution >= 4 is 37.5 Å². The number of nitrogens with one attached hydrogen (secondary N) is 1. The number of nitrogens with zero attached hydrogens (tertiary/aromatic N) is 1. The third-order valence-electron chi connectivity index (χ3n) is 4.38. The van der Waals surface area contributed by atoms with Gasteiger partial charge in [-0.2, -0.15) is 4.31 Å². The zero-order valence-electron chi connectivity index (χ0n) is 15.2. The van der Waals surface area contributed by atoms with Crippen molar-refractivity contribution in [1.29, 1.82) is 0 Å². The molecule has 0 atom stereocenters. The molecular weight excluding hydrogens is 451 g/mol. The Morgan fingerprint density at radius 2 is 1.96 bits per heavy atom. The van der Waals surface area contributed by atoms with Crippen LogP contribution in [0.4, 0.5) is 10.1 Å². The molecule has 1 fully saturated rings. The molecule has 28 heavy (non-hydrogen) atoms. The Balaban J connectivity index is 1.86. The van der Waals surface area contributed by atoms with Crippen molar-refractivity contribution in [2.45, 2.75) is 18.2 Å². The molecule has 1 aliphatic rings. The van der Waals surface area contributed by atoms with Crippen molar-refractivity contribution in [2.24, 2.45) is 0 Å². The molecule has 6 nitrogen and oxygen atoms in total. The maximum atomic E-state index is 14.1. The van der Waals surface area contributed by atoms with Gasteiger partial charge in [0.1, 0.15) is 10.7 Å². The van der Waals surface area contributed by atoms with Crippen molar-refractivity contribution in [3.8, 4) is 0 Å². The van der Waals surface area contributed by atoms with Crippen LogP contribution in [-0.2, 0) is 26.0 Å². The van der Waals surface area contributed by atoms with Gasteiger partial charge in [-0.15, -0.1) is 0 Å². The zero-order valence-corrected chi connectivity index (χ0v) is 17.6. The summed E-state index contributed by atoms with van der Waals surface area (Å²) in [5.74, 6) is -1.01. The molecule has 0 unspecified atom stereocenters. The van der Waals surface area contributed by atoms with E-state index >= 15 is 0 Å². The third-order valence-corrected chi connectivity index (χ3v) is 6.93. The number of rotatable bonds is 5. The molecule has 1 aliphatic heterocycles. The van der Waals surface area contributed by atoms with Crippen LogP contribution in [0.25, 0.3) is 0 Å². The van der Waals surface area contributed by atoms with Gasteiger partial charge in [-0.3, -0.25) is 4.79 Å². The maximum Gasteiger partial charge on any atom is 0.245 e. The highest BCUT2D eigenvalue weighted by Crippen LogP contribution is 2.27. The molecule has 2 aromatic rings. The highest BCUT2D eigenvalue weighted by Gasteiger charge is 2.29. The number of benzene rings is 2. The van der Waals surface area contributed by atoms with Gasteiger partial charge >= 0.3 is 0 Å². The number of carbonyl (C=O) groups is 1. The number of halogens is 2. The average molecular weight is 471 g/mol. The average Bonchev–Trinajstić information content (AvgIpc) is 2.67. The van der Waals surface area contributed by atoms with Crippen LogP contribution in [-0.4, -0.2) is 44.9 Å². The first-order valence-electron chi connectivity index (χ1n) is 8.70. The van der Waals surface area contributed by atoms with Crippen molar-refractivity contribution in [3.63, 3.8) is 0 Å². The van der Waals surface area contributed by atoms with Gasteiger partial charge in [0.15, 0.2) is 0 Å². The number of anilines is 1. The van der Waals surface area contributed by atoms with Crippen molar-refractivity contribution in [2.75, 3.05) is 31.6 Å². The monoisotopic (exact) mass is 470 g/mol. The summed E-state index contributed by atoms with van der Waals surface area (Å²) in [4.78, 5) is 12.5. The number of carbonyl (C=O) groups excluding carboxylic acids is 1. The lowest BCUT2D eigenvalue weighted by Crippen LogP contribution is -2.41. The Kier molecular flexibility index (Phi) is 6.49. The number of aryl methyl sites for hydroxylation is 1. The van der Waals surface area contributed by atoms with Crippen molar-refractivity contribution < 1.29 is 22.3 Å². The number of ether oxygens (including phenoxy) is 1. The smallest absolute Gasteiger partial charge is 0.245 e. The molecule has 1 N–H and O–H groups in total. The molecule has 1 amide bonds. The van der Waals surface area contributed by atoms with Gasteiger partial charge in [-0.1, -0.05) is 18.2 Å². The van der Waals surface area contributed by atoms with E-state index in [0.29, 0.717) is 13.2 Å². The van der Waals surface area contributed by atoms with Crippen LogP contribution in [0.2, 0.25) is 0 Å². The van der Waals surface area contributed by atoms with Crippen molar-refractivity contribution in [1.82, 2.24) is 4.31 Å². The molecule has 2 aromatic carbocycles. The van der Waals surface area contributed by atoms with Crippen LogP contribution in [0.5, 0.6) is 0 Å². The van der Waals surface area contributed by atoms with Gasteiger partial charge in [-0.05, 0) is 52.2 Å². The first-order chi connectivity index (χ1) is 13.3. The quantitative estimate of drug-likeness (QED) is 0.728. The van der Waals surface area contributed by atoms with Gasteiger partial charge in [0.2, 0.25) is 15.9 Å². The molecule has 0 aromatic heterocycles. The van der Waals surface area contributed by atoms with E-state index in [1.165, 1.54) is 16.4 Å². The Bertz CT molecular complexity index is 991. The standard InChI is InChI=1S/C19H20BrFN2O4S/c1-13-5-6-16(17(11-13)28(25,26)23-7-9-27-10-8-23)22-18(24)12-14-3-2-4-15(20)19(14)21/h2-6,11H,7-10,12H2,1H3,(H,22,24). The van der Waals surface area contributed by atoms with Gasteiger partial charge in [0.25, 0.3) is 0 Å². The lowest BCUT2D eigenvalue weighted by Gasteiger charge is -2.27. The molecule has 150 valence electrons. The number of sulfonamides is 1. The Labute approximate surface area is 171 Å². The van der Waals surface area contributed by atoms with E-state index in [1.54, 1.807) is 31.2 Å². The van der Waals surface area contributed by atoms with E-state index in [0.717, 1.165) is 5.56 Å². The van der Waals surface area contributed by atoms with Gasteiger partial charge in [0.05, 0.1) is 29.8 Å². The minimum atomic E-state index is -3.79. The molecule has 0 aliphatic carbocycles. The minimum absolute atomic E-state index is 0.0254. The summed E-state index contributed by atoms with van der Waals surface area (Å²) in [7, 11) is -3.79. The number of amides is 1. The van der Waals surface area contributed by atoms with Gasteiger partial charge in [0, 0.05) is 13.1 Å². The summed E-state index contributed by atoms with van der Waals surface area (Å²) < 4.78 is 47.1. The number of morpholine rings is 1. The summed E-state index contributed by atoms with van der Waals surface area (Å²) in [5.41, 5.74) is 1.15. The second-order valence-corrected chi connectivity index (χ2v) is 9.21. The SMILES string of the molecule is Cc1ccc(NC(=O)Cc2cccc(Br)c2F)c(S(=O)(=O)N2CCOCC2)c1. The fraction of sp³-hybridized carbons (Fsp3) is 0.316. The Morgan fingerprint density at radius 3 is 2.68 bits per heavy atom. The second-order valence-electron chi connectivity index (χ2n) is 6.45. The summed E-state index contributed by atoms with van der Waals surface area (Å²) in [6.07, 6.45) is -0.212. The van der Waals surface area contributed by atoms with Crippen LogP contribution < -0.4 is 5.32 Å². The third kappa shape index (κ3) is 4.60. The first kappa shape index (κ1) is 20.9. The Morgan fingerprint density at radius 1 is 1.25 bits per heavy atom. The predicted molar refractivity (Wildman–Crippen MR) is 107 cm³/mol. The summed E-state index contributed by atoms with van der Waals surface area (Å²) in [6.45, 7) is 2.95. The second kappa shape index (κ2) is 8.69. The molecular formula is C19H20BrFN2O4S. The van der Waals surface area contributed by atoms with Crippen molar-refractivity contribution in [3.05, 3.63) is 57.8 Å². The lowest BCUT2D eigenvalue weighted by atomic mass is 10.1. The number of hydrogen-bond acceptors (Lipinski definition) is 4. The molecule has 0 radical (unpaired) electrons. The lowest BCUT2D eigenvalue weighted by molar-refractivity contribution is -0.115. The molecule has 1 heterocycles. The Hall–Kier alpha value is -1.81. The zero-order chi connectivity index (χ0) is 20.3. The predicted octanol–water partition coefficient (Wildman–Crippen LogP) is 3.10. The van der Waals surface area contributed by atoms with Gasteiger partial charge in [-0.25, -0.2) is 12.8 Å². The topological polar surface area (TPSA) is 75.7 Å². The van der Waals surface area contributed by atoms with Crippen LogP contribution in [0.3, 0.4) is 0 Å². The van der Waals surface area contributed by atoms with Crippen LogP contribution in [0.1, 0.15) is 11.1 Å². The number of hydrogen-bond donors (Lipinski definition) is 1. The van der Waals surface area contributed by atoms with E-state index in [1.807, 2.05) is 0 Å². The largest absolute Gasteiger partial charge is 0.379 e. The van der Waals surface area contributed by atoms with Crippen LogP contribution in [0.15, 0.2) is 45.8 Å². The first-order valence-corrected chi connectivity index (χ1v) is 10.9. The normalized spacial score (nSPS) is 15.4. The molecule has 9 heteroatoms. The summed E-state index contributed by atoms with van der Waals surface area (Å²) in [5, 5.41) is 2.62. The molecule has 0 saturated carbocycles. The van der Waals surface area contributed by atoms with E-state index in [4.69, 9.17) is 4.74 Å². The minimum Gasteiger partial charge on any atom is -0.379 e. The van der Waals surface area contributed by atoms with E-state index in [9.17, 15) is 17.6 Å². The highest BCUT2D eigenvalue weighted by atomic mass is 79.9. The van der Waals surface area contributed by atoms with Crippen LogP contribution in [0, 0.1) is 12.7 Å². The fourth-order valence-corrected chi connectivity index (χ4v) is 4.97. The highest BCUT2D eigenvalue weighted by molar-refractivity contribution is 9.10. The van der Waals surface area contributed by atoms with E-state index in [2.05, 4.69) is 21.2 Å². The summed E-state index contributed by atoms with van der Waals surface area (Å²) in [6, 6.07) is 9.49. The molecule has 0 bridgehead atoms. The fourth-order valence-electron chi connectivity index (χ4n) is 2.92. The molecule has 3 rings (SSSR count).